The molecule has 2 aromatic heterocycles. The van der Waals surface area contributed by atoms with Gasteiger partial charge >= 0.3 is 17.5 Å². The van der Waals surface area contributed by atoms with Crippen LogP contribution in [0.2, 0.25) is 0 Å². The maximum absolute atomic E-state index is 13.2. The first-order chi connectivity index (χ1) is 33.2. The number of carbonyl (C=O) groups excluding carboxylic acids is 3. The van der Waals surface area contributed by atoms with E-state index < -0.39 is 23.1 Å². The maximum Gasteiger partial charge on any atom is 0.407 e. The molecule has 20 nitrogen and oxygen atoms in total. The summed E-state index contributed by atoms with van der Waals surface area (Å²) in [6.45, 7) is 15.8. The third-order valence-corrected chi connectivity index (χ3v) is 11.3. The molecule has 0 radical (unpaired) electrons. The van der Waals surface area contributed by atoms with Crippen molar-refractivity contribution >= 4 is 17.9 Å². The van der Waals surface area contributed by atoms with Crippen molar-refractivity contribution in [3.63, 3.8) is 0 Å². The molecule has 0 saturated heterocycles. The van der Waals surface area contributed by atoms with E-state index in [4.69, 9.17) is 4.74 Å². The minimum atomic E-state index is -0.629. The lowest BCUT2D eigenvalue weighted by atomic mass is 9.98. The molecule has 9 N–H and O–H groups in total. The van der Waals surface area contributed by atoms with Gasteiger partial charge in [0, 0.05) is 42.9 Å². The van der Waals surface area contributed by atoms with Crippen LogP contribution in [-0.4, -0.2) is 118 Å². The molecular formula is C50H62N10O10. The number of benzene rings is 4. The van der Waals surface area contributed by atoms with E-state index >= 15 is 0 Å². The van der Waals surface area contributed by atoms with Gasteiger partial charge in [-0.3, -0.25) is 9.59 Å². The lowest BCUT2D eigenvalue weighted by molar-refractivity contribution is 0.0525. The molecule has 0 aliphatic carbocycles. The fourth-order valence-corrected chi connectivity index (χ4v) is 7.79. The molecule has 6 aromatic rings. The van der Waals surface area contributed by atoms with Crippen LogP contribution in [0.25, 0.3) is 34.2 Å². The van der Waals surface area contributed by atoms with Crippen molar-refractivity contribution in [2.45, 2.75) is 85.2 Å². The lowest BCUT2D eigenvalue weighted by Gasteiger charge is -2.23. The van der Waals surface area contributed by atoms with Gasteiger partial charge in [0.05, 0.1) is 22.5 Å². The van der Waals surface area contributed by atoms with Crippen molar-refractivity contribution < 1.29 is 39.5 Å². The van der Waals surface area contributed by atoms with Crippen molar-refractivity contribution in [2.75, 3.05) is 39.3 Å². The highest BCUT2D eigenvalue weighted by molar-refractivity contribution is 5.95. The Morgan fingerprint density at radius 3 is 1.33 bits per heavy atom. The lowest BCUT2D eigenvalue weighted by Crippen LogP contribution is -2.36. The number of aromatic nitrogens is 6. The molecule has 4 aromatic carbocycles. The number of aromatic hydroxyl groups is 4. The highest BCUT2D eigenvalue weighted by Gasteiger charge is 2.22. The van der Waals surface area contributed by atoms with Gasteiger partial charge in [0.25, 0.3) is 11.8 Å². The molecule has 20 heteroatoms. The summed E-state index contributed by atoms with van der Waals surface area (Å²) >= 11 is 0. The topological polar surface area (TPSA) is 282 Å². The summed E-state index contributed by atoms with van der Waals surface area (Å²) < 4.78 is 7.90. The molecular weight excluding hydrogens is 901 g/mol. The molecule has 3 amide bonds. The van der Waals surface area contributed by atoms with E-state index in [0.29, 0.717) is 92.2 Å². The maximum atomic E-state index is 13.2. The number of nitrogens with one attached hydrogen (secondary N) is 5. The van der Waals surface area contributed by atoms with Crippen molar-refractivity contribution in [1.29, 1.82) is 0 Å². The van der Waals surface area contributed by atoms with Gasteiger partial charge in [0.2, 0.25) is 0 Å². The number of aromatic amines is 2. The minimum absolute atomic E-state index is 0.0663. The molecule has 6 rings (SSSR count). The number of phenolic OH excluding ortho intramolecular Hbond substituents is 4. The Morgan fingerprint density at radius 1 is 0.600 bits per heavy atom. The zero-order valence-electron chi connectivity index (χ0n) is 40.4. The van der Waals surface area contributed by atoms with Gasteiger partial charge in [-0.25, -0.2) is 33.7 Å². The number of amides is 3. The molecule has 0 spiro atoms. The van der Waals surface area contributed by atoms with E-state index in [1.807, 2.05) is 27.7 Å². The number of ether oxygens (including phenoxy) is 1. The molecule has 0 bridgehead atoms. The second-order valence-electron chi connectivity index (χ2n) is 18.5. The first-order valence-electron chi connectivity index (χ1n) is 23.2. The van der Waals surface area contributed by atoms with Crippen LogP contribution in [0.5, 0.6) is 23.0 Å². The highest BCUT2D eigenvalue weighted by Crippen LogP contribution is 2.38. The number of rotatable bonds is 20. The smallest absolute Gasteiger partial charge is 0.407 e. The van der Waals surface area contributed by atoms with Crippen molar-refractivity contribution in [3.8, 4) is 57.1 Å². The van der Waals surface area contributed by atoms with Gasteiger partial charge in [-0.2, -0.15) is 10.2 Å². The van der Waals surface area contributed by atoms with Crippen LogP contribution in [0, 0.1) is 0 Å². The summed E-state index contributed by atoms with van der Waals surface area (Å²) in [6.07, 6.45) is 1.30. The molecule has 0 fully saturated rings. The molecule has 0 unspecified atom stereocenters. The largest absolute Gasteiger partial charge is 0.508 e. The van der Waals surface area contributed by atoms with E-state index in [0.717, 1.165) is 0 Å². The average Bonchev–Trinajstić information content (AvgIpc) is 3.88. The summed E-state index contributed by atoms with van der Waals surface area (Å²) in [5.74, 6) is -1.14. The number of phenols is 4. The standard InChI is InChI=1S/C50H62N10O10/c1-29(2)35-25-37(41(63)27-39(35)61)43-54-56-47(67)59(43)33-15-11-31(12-16-33)45(65)51-19-8-22-58(24-10-21-53-49(69)70-50(5,6)7)23-9-20-52-46(66)32-13-17-34(18-14-32)60-44(55-57-48(60)68)38-26-36(30(3)4)40(62)28-42(38)64/h11-18,25-30,61-64H,8-10,19-24H2,1-7H3,(H,51,65)(H,52,66)(H,53,69)(H,56,67)(H,57,68). The SMILES string of the molecule is CC(C)c1cc(-c2n[nH]c(=O)n2-c2ccc(C(=O)NCCCN(CCCNC(=O)OC(C)(C)C)CCCNC(=O)c3ccc(-n4c(-c5cc(C(C)C)c(O)cc5O)n[nH]c4=O)cc3)cc2)c(O)cc1O. The highest BCUT2D eigenvalue weighted by atomic mass is 16.6. The second kappa shape index (κ2) is 22.5. The molecule has 372 valence electrons. The zero-order chi connectivity index (χ0) is 50.9. The summed E-state index contributed by atoms with van der Waals surface area (Å²) in [6, 6.07) is 18.4. The Labute approximate surface area is 404 Å². The number of nitrogens with zero attached hydrogens (tertiary/aromatic N) is 5. The van der Waals surface area contributed by atoms with Gasteiger partial charge in [0.15, 0.2) is 11.6 Å². The first kappa shape index (κ1) is 51.5. The summed E-state index contributed by atoms with van der Waals surface area (Å²) in [4.78, 5) is 66.6. The van der Waals surface area contributed by atoms with E-state index in [2.05, 4.69) is 41.2 Å². The van der Waals surface area contributed by atoms with E-state index in [1.54, 1.807) is 81.4 Å². The average molecular weight is 963 g/mol. The van der Waals surface area contributed by atoms with Crippen LogP contribution < -0.4 is 27.3 Å². The fraction of sp³-hybridized carbons (Fsp3) is 0.380. The van der Waals surface area contributed by atoms with Crippen LogP contribution in [0.15, 0.2) is 82.4 Å². The van der Waals surface area contributed by atoms with E-state index in [9.17, 15) is 44.4 Å². The third kappa shape index (κ3) is 12.8. The Hall–Kier alpha value is -7.87. The minimum Gasteiger partial charge on any atom is -0.508 e. The quantitative estimate of drug-likeness (QED) is 0.0398. The van der Waals surface area contributed by atoms with E-state index in [-0.39, 0.29) is 69.4 Å². The van der Waals surface area contributed by atoms with Gasteiger partial charge in [-0.15, -0.1) is 0 Å². The van der Waals surface area contributed by atoms with Crippen LogP contribution in [0.1, 0.15) is 111 Å². The number of H-pyrrole nitrogens is 2. The van der Waals surface area contributed by atoms with Crippen LogP contribution in [-0.2, 0) is 4.74 Å². The van der Waals surface area contributed by atoms with Gasteiger partial charge in [-0.05, 0) is 143 Å². The van der Waals surface area contributed by atoms with Gasteiger partial charge in [-0.1, -0.05) is 27.7 Å². The molecule has 70 heavy (non-hydrogen) atoms. The molecule has 0 aliphatic rings. The first-order valence-corrected chi connectivity index (χ1v) is 23.2. The molecule has 0 atom stereocenters. The Morgan fingerprint density at radius 2 is 0.971 bits per heavy atom. The zero-order valence-corrected chi connectivity index (χ0v) is 40.4. The molecule has 0 aliphatic heterocycles. The Kier molecular flexibility index (Phi) is 16.6. The van der Waals surface area contributed by atoms with Gasteiger partial charge < -0.3 is 46.0 Å². The Balaban J connectivity index is 1.03. The van der Waals surface area contributed by atoms with Crippen LogP contribution >= 0.6 is 0 Å². The molecule has 2 heterocycles. The predicted octanol–water partition coefficient (Wildman–Crippen LogP) is 5.99. The number of carbonyl (C=O) groups is 3. The second-order valence-corrected chi connectivity index (χ2v) is 18.5. The number of alkyl carbamates (subject to hydrolysis) is 1. The number of hydrogen-bond acceptors (Lipinski definition) is 13. The summed E-state index contributed by atoms with van der Waals surface area (Å²) in [7, 11) is 0. The van der Waals surface area contributed by atoms with Gasteiger partial charge in [0.1, 0.15) is 28.6 Å². The van der Waals surface area contributed by atoms with E-state index in [1.165, 1.54) is 21.3 Å². The predicted molar refractivity (Wildman–Crippen MR) is 263 cm³/mol. The van der Waals surface area contributed by atoms with Crippen molar-refractivity contribution in [1.82, 2.24) is 50.4 Å². The van der Waals surface area contributed by atoms with Crippen LogP contribution in [0.3, 0.4) is 0 Å². The Bertz CT molecular complexity index is 2730. The van der Waals surface area contributed by atoms with Crippen LogP contribution in [0.4, 0.5) is 4.79 Å². The fourth-order valence-electron chi connectivity index (χ4n) is 7.79. The normalized spacial score (nSPS) is 11.6. The monoisotopic (exact) mass is 962 g/mol. The van der Waals surface area contributed by atoms with Crippen molar-refractivity contribution in [3.05, 3.63) is 116 Å². The number of hydrogen-bond donors (Lipinski definition) is 9. The summed E-state index contributed by atoms with van der Waals surface area (Å²) in [5.41, 5.74) is 1.45. The third-order valence-electron chi connectivity index (χ3n) is 11.3. The molecule has 0 saturated carbocycles. The van der Waals surface area contributed by atoms with Crippen molar-refractivity contribution in [2.24, 2.45) is 0 Å². The summed E-state index contributed by atoms with van der Waals surface area (Å²) in [5, 5.41) is 63.7.